The Morgan fingerprint density at radius 1 is 1.17 bits per heavy atom. The highest BCUT2D eigenvalue weighted by atomic mass is 16.5. The lowest BCUT2D eigenvalue weighted by molar-refractivity contribution is -0.124. The molecule has 1 fully saturated rings. The number of rotatable bonds is 5. The number of ether oxygens (including phenoxy) is 1. The van der Waals surface area contributed by atoms with Crippen molar-refractivity contribution in [2.45, 2.75) is 32.1 Å². The van der Waals surface area contributed by atoms with Gasteiger partial charge in [-0.1, -0.05) is 37.1 Å². The van der Waals surface area contributed by atoms with Crippen molar-refractivity contribution >= 4 is 22.6 Å². The molecule has 0 atom stereocenters. The van der Waals surface area contributed by atoms with Crippen molar-refractivity contribution in [2.24, 2.45) is 5.92 Å². The molecular weight excluding hydrogens is 302 g/mol. The van der Waals surface area contributed by atoms with Crippen molar-refractivity contribution in [3.8, 4) is 0 Å². The summed E-state index contributed by atoms with van der Waals surface area (Å²) in [6, 6.07) is 11.7. The molecule has 2 aromatic rings. The maximum absolute atomic E-state index is 12.1. The highest BCUT2D eigenvalue weighted by Gasteiger charge is 2.22. The van der Waals surface area contributed by atoms with E-state index in [2.05, 4.69) is 5.32 Å². The lowest BCUT2D eigenvalue weighted by Crippen LogP contribution is -2.30. The predicted molar refractivity (Wildman–Crippen MR) is 94.0 cm³/mol. The third kappa shape index (κ3) is 3.58. The molecule has 1 aliphatic carbocycles. The van der Waals surface area contributed by atoms with E-state index >= 15 is 0 Å². The first kappa shape index (κ1) is 16.5. The number of nitrogens with one attached hydrogen (secondary N) is 1. The lowest BCUT2D eigenvalue weighted by atomic mass is 9.99. The zero-order valence-corrected chi connectivity index (χ0v) is 14.0. The van der Waals surface area contributed by atoms with E-state index in [1.807, 2.05) is 30.3 Å². The SMILES string of the molecule is COC(=O)c1ccc2cccc(CCNC(=O)C3CCCC3)c2c1. The number of amides is 1. The molecule has 1 aliphatic rings. The van der Waals surface area contributed by atoms with Gasteiger partial charge in [-0.05, 0) is 47.7 Å². The van der Waals surface area contributed by atoms with E-state index in [1.54, 1.807) is 6.07 Å². The van der Waals surface area contributed by atoms with E-state index in [-0.39, 0.29) is 17.8 Å². The second-order valence-electron chi connectivity index (χ2n) is 6.37. The van der Waals surface area contributed by atoms with E-state index < -0.39 is 0 Å². The Morgan fingerprint density at radius 3 is 2.71 bits per heavy atom. The molecule has 1 amide bonds. The quantitative estimate of drug-likeness (QED) is 0.856. The molecular formula is C20H23NO3. The third-order valence-electron chi connectivity index (χ3n) is 4.81. The molecule has 3 rings (SSSR count). The maximum Gasteiger partial charge on any atom is 0.337 e. The Bertz CT molecular complexity index is 748. The largest absolute Gasteiger partial charge is 0.465 e. The third-order valence-corrected chi connectivity index (χ3v) is 4.81. The fourth-order valence-corrected chi connectivity index (χ4v) is 3.45. The van der Waals surface area contributed by atoms with Gasteiger partial charge in [0.05, 0.1) is 12.7 Å². The number of carbonyl (C=O) groups excluding carboxylic acids is 2. The summed E-state index contributed by atoms with van der Waals surface area (Å²) in [4.78, 5) is 23.8. The molecule has 126 valence electrons. The Hall–Kier alpha value is -2.36. The van der Waals surface area contributed by atoms with E-state index in [1.165, 1.54) is 7.11 Å². The van der Waals surface area contributed by atoms with Gasteiger partial charge in [-0.3, -0.25) is 4.79 Å². The first-order valence-corrected chi connectivity index (χ1v) is 8.56. The van der Waals surface area contributed by atoms with Crippen LogP contribution in [-0.2, 0) is 16.0 Å². The van der Waals surface area contributed by atoms with Crippen LogP contribution >= 0.6 is 0 Å². The fourth-order valence-electron chi connectivity index (χ4n) is 3.45. The Morgan fingerprint density at radius 2 is 1.96 bits per heavy atom. The Labute approximate surface area is 142 Å². The smallest absolute Gasteiger partial charge is 0.337 e. The summed E-state index contributed by atoms with van der Waals surface area (Å²) in [6.45, 7) is 0.622. The molecule has 2 aromatic carbocycles. The van der Waals surface area contributed by atoms with E-state index in [9.17, 15) is 9.59 Å². The minimum atomic E-state index is -0.332. The lowest BCUT2D eigenvalue weighted by Gasteiger charge is -2.12. The summed E-state index contributed by atoms with van der Waals surface area (Å²) >= 11 is 0. The van der Waals surface area contributed by atoms with E-state index in [4.69, 9.17) is 4.74 Å². The van der Waals surface area contributed by atoms with Gasteiger partial charge < -0.3 is 10.1 Å². The number of carbonyl (C=O) groups is 2. The molecule has 4 nitrogen and oxygen atoms in total. The number of methoxy groups -OCH3 is 1. The second kappa shape index (κ2) is 7.47. The van der Waals surface area contributed by atoms with Gasteiger partial charge in [0.2, 0.25) is 5.91 Å². The van der Waals surface area contributed by atoms with E-state index in [0.29, 0.717) is 12.1 Å². The van der Waals surface area contributed by atoms with Gasteiger partial charge in [-0.25, -0.2) is 4.79 Å². The number of benzene rings is 2. The standard InChI is InChI=1S/C20H23NO3/c1-24-20(23)17-10-9-14-7-4-8-15(18(14)13-17)11-12-21-19(22)16-5-2-3-6-16/h4,7-10,13,16H,2-3,5-6,11-12H2,1H3,(H,21,22). The highest BCUT2D eigenvalue weighted by molar-refractivity contribution is 5.96. The summed E-state index contributed by atoms with van der Waals surface area (Å²) < 4.78 is 4.80. The topological polar surface area (TPSA) is 55.4 Å². The van der Waals surface area contributed by atoms with Crippen molar-refractivity contribution in [1.29, 1.82) is 0 Å². The first-order chi connectivity index (χ1) is 11.7. The van der Waals surface area contributed by atoms with Crippen LogP contribution in [0, 0.1) is 5.92 Å². The molecule has 0 spiro atoms. The van der Waals surface area contributed by atoms with Gasteiger partial charge in [0.1, 0.15) is 0 Å². The van der Waals surface area contributed by atoms with Crippen LogP contribution in [0.5, 0.6) is 0 Å². The zero-order chi connectivity index (χ0) is 16.9. The van der Waals surface area contributed by atoms with Gasteiger partial charge >= 0.3 is 5.97 Å². The van der Waals surface area contributed by atoms with E-state index in [0.717, 1.165) is 48.4 Å². The molecule has 0 aromatic heterocycles. The van der Waals surface area contributed by atoms with Gasteiger partial charge in [0.25, 0.3) is 0 Å². The highest BCUT2D eigenvalue weighted by Crippen LogP contribution is 2.25. The van der Waals surface area contributed by atoms with Gasteiger partial charge in [0.15, 0.2) is 0 Å². The van der Waals surface area contributed by atoms with Gasteiger partial charge in [-0.2, -0.15) is 0 Å². The number of hydrogen-bond donors (Lipinski definition) is 1. The average molecular weight is 325 g/mol. The van der Waals surface area contributed by atoms with Crippen molar-refractivity contribution in [3.05, 3.63) is 47.5 Å². The van der Waals surface area contributed by atoms with Crippen molar-refractivity contribution in [1.82, 2.24) is 5.32 Å². The fraction of sp³-hybridized carbons (Fsp3) is 0.400. The minimum absolute atomic E-state index is 0.183. The summed E-state index contributed by atoms with van der Waals surface area (Å²) in [6.07, 6.45) is 5.11. The summed E-state index contributed by atoms with van der Waals surface area (Å²) in [5, 5.41) is 5.18. The van der Waals surface area contributed by atoms with Gasteiger partial charge in [0, 0.05) is 12.5 Å². The normalized spacial score (nSPS) is 14.7. The number of fused-ring (bicyclic) bond motifs is 1. The molecule has 1 saturated carbocycles. The zero-order valence-electron chi connectivity index (χ0n) is 14.0. The van der Waals surface area contributed by atoms with Crippen LogP contribution in [0.25, 0.3) is 10.8 Å². The van der Waals surface area contributed by atoms with Crippen molar-refractivity contribution < 1.29 is 14.3 Å². The number of hydrogen-bond acceptors (Lipinski definition) is 3. The van der Waals surface area contributed by atoms with Crippen molar-refractivity contribution in [3.63, 3.8) is 0 Å². The van der Waals surface area contributed by atoms with Crippen LogP contribution in [0.15, 0.2) is 36.4 Å². The molecule has 0 heterocycles. The van der Waals surface area contributed by atoms with Crippen molar-refractivity contribution in [2.75, 3.05) is 13.7 Å². The number of esters is 1. The molecule has 24 heavy (non-hydrogen) atoms. The molecule has 1 N–H and O–H groups in total. The summed E-state index contributed by atoms with van der Waals surface area (Å²) in [5.41, 5.74) is 1.68. The molecule has 0 bridgehead atoms. The second-order valence-corrected chi connectivity index (χ2v) is 6.37. The van der Waals surface area contributed by atoms with Crippen LogP contribution < -0.4 is 5.32 Å². The monoisotopic (exact) mass is 325 g/mol. The maximum atomic E-state index is 12.1. The van der Waals surface area contributed by atoms with Gasteiger partial charge in [-0.15, -0.1) is 0 Å². The van der Waals surface area contributed by atoms with Crippen LogP contribution in [0.3, 0.4) is 0 Å². The summed E-state index contributed by atoms with van der Waals surface area (Å²) in [7, 11) is 1.39. The molecule has 0 radical (unpaired) electrons. The van der Waals surface area contributed by atoms with Crippen LogP contribution in [-0.4, -0.2) is 25.5 Å². The van der Waals surface area contributed by atoms with Crippen LogP contribution in [0.1, 0.15) is 41.6 Å². The minimum Gasteiger partial charge on any atom is -0.465 e. The Kier molecular flexibility index (Phi) is 5.14. The Balaban J connectivity index is 1.71. The summed E-state index contributed by atoms with van der Waals surface area (Å²) in [5.74, 6) is 0.0488. The average Bonchev–Trinajstić information content (AvgIpc) is 3.15. The van der Waals surface area contributed by atoms with Crippen LogP contribution in [0.2, 0.25) is 0 Å². The molecule has 0 saturated heterocycles. The molecule has 0 aliphatic heterocycles. The van der Waals surface area contributed by atoms with Crippen LogP contribution in [0.4, 0.5) is 0 Å². The predicted octanol–water partition coefficient (Wildman–Crippen LogP) is 3.48. The molecule has 0 unspecified atom stereocenters. The molecule has 4 heteroatoms. The first-order valence-electron chi connectivity index (χ1n) is 8.56.